The number of rotatable bonds is 7. The Bertz CT molecular complexity index is 359. The predicted molar refractivity (Wildman–Crippen MR) is 96.7 cm³/mol. The monoisotopic (exact) mass is 326 g/mol. The number of nitrogens with one attached hydrogen (secondary N) is 2. The molecule has 0 heterocycles. The molecule has 0 saturated heterocycles. The molecule has 0 radical (unpaired) electrons. The van der Waals surface area contributed by atoms with Gasteiger partial charge in [-0.25, -0.2) is 4.79 Å². The average Bonchev–Trinajstić information content (AvgIpc) is 2.50. The van der Waals surface area contributed by atoms with Gasteiger partial charge in [-0.05, 0) is 52.4 Å². The predicted octanol–water partition coefficient (Wildman–Crippen LogP) is 4.63. The molecule has 0 bridgehead atoms. The first kappa shape index (κ1) is 20.3. The fourth-order valence-electron chi connectivity index (χ4n) is 3.43. The maximum Gasteiger partial charge on any atom is 0.408 e. The smallest absolute Gasteiger partial charge is 0.408 e. The first-order valence-corrected chi connectivity index (χ1v) is 9.48. The zero-order valence-corrected chi connectivity index (χ0v) is 16.1. The van der Waals surface area contributed by atoms with Crippen LogP contribution in [0.15, 0.2) is 0 Å². The molecular weight excluding hydrogens is 288 g/mol. The minimum atomic E-state index is -0.456. The van der Waals surface area contributed by atoms with Crippen molar-refractivity contribution in [2.75, 3.05) is 6.54 Å². The Hall–Kier alpha value is -0.770. The maximum absolute atomic E-state index is 12.2. The van der Waals surface area contributed by atoms with Crippen LogP contribution in [0.5, 0.6) is 0 Å². The van der Waals surface area contributed by atoms with Gasteiger partial charge < -0.3 is 15.4 Å². The summed E-state index contributed by atoms with van der Waals surface area (Å²) in [5.74, 6) is 0.859. The van der Waals surface area contributed by atoms with E-state index in [2.05, 4.69) is 31.4 Å². The van der Waals surface area contributed by atoms with E-state index < -0.39 is 5.60 Å². The molecule has 0 spiro atoms. The zero-order chi connectivity index (χ0) is 17.5. The second kappa shape index (κ2) is 8.91. The number of carbonyl (C=O) groups excluding carboxylic acids is 1. The van der Waals surface area contributed by atoms with E-state index in [-0.39, 0.29) is 11.6 Å². The van der Waals surface area contributed by atoms with E-state index in [0.717, 1.165) is 25.3 Å². The van der Waals surface area contributed by atoms with Crippen LogP contribution in [0.1, 0.15) is 86.5 Å². The molecule has 2 N–H and O–H groups in total. The zero-order valence-electron chi connectivity index (χ0n) is 16.1. The average molecular weight is 327 g/mol. The first-order valence-electron chi connectivity index (χ1n) is 9.48. The number of carbonyl (C=O) groups is 1. The normalized spacial score (nSPS) is 22.7. The molecule has 4 nitrogen and oxygen atoms in total. The van der Waals surface area contributed by atoms with Crippen molar-refractivity contribution in [1.29, 1.82) is 0 Å². The number of hydrogen-bond acceptors (Lipinski definition) is 3. The number of alkyl carbamates (subject to hydrolysis) is 1. The number of ether oxygens (including phenoxy) is 1. The molecule has 23 heavy (non-hydrogen) atoms. The van der Waals surface area contributed by atoms with Crippen LogP contribution >= 0.6 is 0 Å². The van der Waals surface area contributed by atoms with E-state index in [1.807, 2.05) is 20.8 Å². The van der Waals surface area contributed by atoms with Gasteiger partial charge >= 0.3 is 6.09 Å². The van der Waals surface area contributed by atoms with Crippen LogP contribution in [-0.2, 0) is 4.74 Å². The van der Waals surface area contributed by atoms with Gasteiger partial charge in [-0.3, -0.25) is 0 Å². The molecule has 1 saturated carbocycles. The van der Waals surface area contributed by atoms with Crippen molar-refractivity contribution >= 4 is 6.09 Å². The van der Waals surface area contributed by atoms with Crippen LogP contribution in [0.2, 0.25) is 0 Å². The highest BCUT2D eigenvalue weighted by atomic mass is 16.6. The molecular formula is C19H38N2O2. The molecule has 1 fully saturated rings. The third-order valence-electron chi connectivity index (χ3n) is 5.21. The Balaban J connectivity index is 2.57. The van der Waals surface area contributed by atoms with Crippen molar-refractivity contribution in [3.05, 3.63) is 0 Å². The molecule has 4 heteroatoms. The molecule has 1 rings (SSSR count). The van der Waals surface area contributed by atoms with Gasteiger partial charge in [0.05, 0.1) is 5.54 Å². The summed E-state index contributed by atoms with van der Waals surface area (Å²) < 4.78 is 5.45. The third-order valence-corrected chi connectivity index (χ3v) is 5.21. The van der Waals surface area contributed by atoms with Crippen LogP contribution in [0.25, 0.3) is 0 Å². The van der Waals surface area contributed by atoms with Crippen molar-refractivity contribution < 1.29 is 9.53 Å². The van der Waals surface area contributed by atoms with Gasteiger partial charge in [0.2, 0.25) is 0 Å². The second-order valence-corrected chi connectivity index (χ2v) is 8.13. The van der Waals surface area contributed by atoms with Gasteiger partial charge in [0.25, 0.3) is 0 Å². The minimum absolute atomic E-state index is 0.221. The Labute approximate surface area is 143 Å². The van der Waals surface area contributed by atoms with Crippen LogP contribution < -0.4 is 10.6 Å². The fourth-order valence-corrected chi connectivity index (χ4v) is 3.43. The van der Waals surface area contributed by atoms with E-state index in [4.69, 9.17) is 4.74 Å². The topological polar surface area (TPSA) is 50.4 Å². The summed E-state index contributed by atoms with van der Waals surface area (Å²) in [6.07, 6.45) is 8.00. The SMILES string of the molecule is CCC1CCCC(NCC(CC)(CC)NC(=O)OC(C)(C)C)C1. The largest absolute Gasteiger partial charge is 0.444 e. The van der Waals surface area contributed by atoms with E-state index in [9.17, 15) is 4.79 Å². The Morgan fingerprint density at radius 1 is 1.13 bits per heavy atom. The van der Waals surface area contributed by atoms with E-state index in [1.165, 1.54) is 32.1 Å². The highest BCUT2D eigenvalue weighted by Crippen LogP contribution is 2.27. The molecule has 0 aliphatic heterocycles. The van der Waals surface area contributed by atoms with Crippen molar-refractivity contribution in [3.8, 4) is 0 Å². The van der Waals surface area contributed by atoms with Crippen LogP contribution in [0, 0.1) is 5.92 Å². The van der Waals surface area contributed by atoms with Crippen molar-refractivity contribution in [2.24, 2.45) is 5.92 Å². The van der Waals surface area contributed by atoms with E-state index in [1.54, 1.807) is 0 Å². The van der Waals surface area contributed by atoms with Gasteiger partial charge in [0.1, 0.15) is 5.60 Å². The fraction of sp³-hybridized carbons (Fsp3) is 0.947. The van der Waals surface area contributed by atoms with Gasteiger partial charge in [-0.2, -0.15) is 0 Å². The molecule has 1 aliphatic carbocycles. The van der Waals surface area contributed by atoms with Crippen LogP contribution in [0.3, 0.4) is 0 Å². The van der Waals surface area contributed by atoms with E-state index in [0.29, 0.717) is 6.04 Å². The molecule has 0 aromatic heterocycles. The summed E-state index contributed by atoms with van der Waals surface area (Å²) in [5.41, 5.74) is -0.677. The lowest BCUT2D eigenvalue weighted by atomic mass is 9.83. The molecule has 1 aliphatic rings. The van der Waals surface area contributed by atoms with Gasteiger partial charge in [-0.1, -0.05) is 40.0 Å². The van der Waals surface area contributed by atoms with Gasteiger partial charge in [0.15, 0.2) is 0 Å². The third kappa shape index (κ3) is 7.11. The molecule has 2 unspecified atom stereocenters. The summed E-state index contributed by atoms with van der Waals surface area (Å²) in [4.78, 5) is 12.2. The Morgan fingerprint density at radius 3 is 2.30 bits per heavy atom. The highest BCUT2D eigenvalue weighted by Gasteiger charge is 2.31. The number of amides is 1. The summed E-state index contributed by atoms with van der Waals surface area (Å²) >= 11 is 0. The molecule has 2 atom stereocenters. The minimum Gasteiger partial charge on any atom is -0.444 e. The first-order chi connectivity index (χ1) is 10.7. The lowest BCUT2D eigenvalue weighted by Gasteiger charge is -2.37. The van der Waals surface area contributed by atoms with Crippen molar-refractivity contribution in [3.63, 3.8) is 0 Å². The maximum atomic E-state index is 12.2. The molecule has 1 amide bonds. The second-order valence-electron chi connectivity index (χ2n) is 8.13. The summed E-state index contributed by atoms with van der Waals surface area (Å²) in [6.45, 7) is 13.1. The highest BCUT2D eigenvalue weighted by molar-refractivity contribution is 5.68. The van der Waals surface area contributed by atoms with Gasteiger partial charge in [0, 0.05) is 12.6 Å². The molecule has 0 aromatic rings. The lowest BCUT2D eigenvalue weighted by molar-refractivity contribution is 0.0442. The molecule has 0 aromatic carbocycles. The van der Waals surface area contributed by atoms with Gasteiger partial charge in [-0.15, -0.1) is 0 Å². The molecule has 136 valence electrons. The van der Waals surface area contributed by atoms with Crippen LogP contribution in [-0.4, -0.2) is 29.8 Å². The number of hydrogen-bond donors (Lipinski definition) is 2. The summed E-state index contributed by atoms with van der Waals surface area (Å²) in [5, 5.41) is 6.85. The Morgan fingerprint density at radius 2 is 1.78 bits per heavy atom. The van der Waals surface area contributed by atoms with Crippen molar-refractivity contribution in [1.82, 2.24) is 10.6 Å². The van der Waals surface area contributed by atoms with Crippen LogP contribution in [0.4, 0.5) is 4.79 Å². The summed E-state index contributed by atoms with van der Waals surface area (Å²) in [7, 11) is 0. The van der Waals surface area contributed by atoms with Crippen molar-refractivity contribution in [2.45, 2.75) is 104 Å². The lowest BCUT2D eigenvalue weighted by Crippen LogP contribution is -2.56. The Kier molecular flexibility index (Phi) is 7.85. The standard InChI is InChI=1S/C19H38N2O2/c1-7-15-11-10-12-16(13-15)20-14-19(8-2,9-3)21-17(22)23-18(4,5)6/h15-16,20H,7-14H2,1-6H3,(H,21,22). The summed E-state index contributed by atoms with van der Waals surface area (Å²) in [6, 6.07) is 0.589. The quantitative estimate of drug-likeness (QED) is 0.717. The van der Waals surface area contributed by atoms with E-state index >= 15 is 0 Å².